The van der Waals surface area contributed by atoms with Crippen LogP contribution in [0.15, 0.2) is 60.1 Å². The van der Waals surface area contributed by atoms with Crippen molar-refractivity contribution in [3.63, 3.8) is 0 Å². The Labute approximate surface area is 183 Å². The normalized spacial score (nSPS) is 22.8. The lowest BCUT2D eigenvalue weighted by molar-refractivity contribution is -0.126. The van der Waals surface area contributed by atoms with Crippen molar-refractivity contribution >= 4 is 22.6 Å². The number of benzene rings is 1. The second-order valence-electron chi connectivity index (χ2n) is 8.57. The molecule has 0 unspecified atom stereocenters. The van der Waals surface area contributed by atoms with E-state index < -0.39 is 0 Å². The van der Waals surface area contributed by atoms with Crippen LogP contribution in [0.4, 0.5) is 0 Å². The standard InChI is InChI=1S/C24H32N6O/c1-17(28-23(14-15-25)30-22-9-5-2-6-19(22)16-26-30)27-21-12-10-18(11-13-21)24(31)29-20-7-3-4-8-20/h2,5-6,9,14-16,18,20-21,27H,1,3-4,7-8,10-13,25H2,(H,29,31)/b15-14-,28-23+. The zero-order valence-corrected chi connectivity index (χ0v) is 18.0. The van der Waals surface area contributed by atoms with Crippen LogP contribution in [-0.4, -0.2) is 33.6 Å². The van der Waals surface area contributed by atoms with Crippen LogP contribution in [0.3, 0.4) is 0 Å². The van der Waals surface area contributed by atoms with Crippen LogP contribution in [0.2, 0.25) is 0 Å². The first kappa shape index (κ1) is 21.2. The van der Waals surface area contributed by atoms with E-state index in [1.807, 2.05) is 30.5 Å². The van der Waals surface area contributed by atoms with Crippen LogP contribution in [0.25, 0.3) is 10.9 Å². The summed E-state index contributed by atoms with van der Waals surface area (Å²) < 4.78 is 1.76. The molecule has 2 aliphatic carbocycles. The number of para-hydroxylation sites is 1. The number of nitrogens with two attached hydrogens (primary N) is 1. The summed E-state index contributed by atoms with van der Waals surface area (Å²) >= 11 is 0. The maximum absolute atomic E-state index is 12.5. The molecule has 4 N–H and O–H groups in total. The lowest BCUT2D eigenvalue weighted by Gasteiger charge is -2.29. The maximum Gasteiger partial charge on any atom is 0.223 e. The molecule has 0 atom stereocenters. The van der Waals surface area contributed by atoms with Crippen molar-refractivity contribution in [3.8, 4) is 0 Å². The van der Waals surface area contributed by atoms with Gasteiger partial charge in [-0.3, -0.25) is 4.79 Å². The molecule has 1 amide bonds. The van der Waals surface area contributed by atoms with Crippen molar-refractivity contribution in [1.29, 1.82) is 0 Å². The summed E-state index contributed by atoms with van der Waals surface area (Å²) in [7, 11) is 0. The van der Waals surface area contributed by atoms with E-state index in [-0.39, 0.29) is 17.9 Å². The van der Waals surface area contributed by atoms with Crippen LogP contribution in [0.1, 0.15) is 51.4 Å². The van der Waals surface area contributed by atoms with Crippen LogP contribution in [-0.2, 0) is 4.79 Å². The molecule has 0 aliphatic heterocycles. The Hall–Kier alpha value is -3.09. The largest absolute Gasteiger partial charge is 0.404 e. The number of fused-ring (bicyclic) bond motifs is 1. The van der Waals surface area contributed by atoms with E-state index in [2.05, 4.69) is 27.3 Å². The first-order valence-corrected chi connectivity index (χ1v) is 11.3. The summed E-state index contributed by atoms with van der Waals surface area (Å²) in [6, 6.07) is 8.62. The minimum Gasteiger partial charge on any atom is -0.404 e. The molecule has 1 aromatic heterocycles. The van der Waals surface area contributed by atoms with Crippen molar-refractivity contribution in [3.05, 3.63) is 55.1 Å². The van der Waals surface area contributed by atoms with Gasteiger partial charge in [0, 0.05) is 23.4 Å². The summed E-state index contributed by atoms with van der Waals surface area (Å²) in [4.78, 5) is 17.2. The number of nitrogens with one attached hydrogen (secondary N) is 2. The molecular formula is C24H32N6O. The summed E-state index contributed by atoms with van der Waals surface area (Å²) in [6.45, 7) is 4.09. The van der Waals surface area contributed by atoms with E-state index in [1.165, 1.54) is 19.0 Å². The number of rotatable bonds is 6. The molecule has 1 heterocycles. The van der Waals surface area contributed by atoms with Crippen LogP contribution in [0.5, 0.6) is 0 Å². The molecule has 0 radical (unpaired) electrons. The molecule has 7 nitrogen and oxygen atoms in total. The third-order valence-electron chi connectivity index (χ3n) is 6.36. The summed E-state index contributed by atoms with van der Waals surface area (Å²) in [5.41, 5.74) is 6.61. The monoisotopic (exact) mass is 420 g/mol. The first-order chi connectivity index (χ1) is 15.1. The maximum atomic E-state index is 12.5. The van der Waals surface area contributed by atoms with Crippen molar-refractivity contribution < 1.29 is 4.79 Å². The molecule has 2 saturated carbocycles. The fraction of sp³-hybridized carbons (Fsp3) is 0.458. The minimum atomic E-state index is 0.126. The molecule has 0 saturated heterocycles. The van der Waals surface area contributed by atoms with Crippen molar-refractivity contribution in [2.75, 3.05) is 0 Å². The number of aromatic nitrogens is 2. The molecule has 2 fully saturated rings. The van der Waals surface area contributed by atoms with Gasteiger partial charge in [0.25, 0.3) is 0 Å². The molecule has 31 heavy (non-hydrogen) atoms. The molecule has 0 bridgehead atoms. The number of allylic oxidation sites excluding steroid dienone is 1. The highest BCUT2D eigenvalue weighted by Crippen LogP contribution is 2.26. The Morgan fingerprint density at radius 3 is 2.55 bits per heavy atom. The Balaban J connectivity index is 1.34. The van der Waals surface area contributed by atoms with Gasteiger partial charge < -0.3 is 16.4 Å². The third kappa shape index (κ3) is 5.16. The van der Waals surface area contributed by atoms with Gasteiger partial charge in [-0.2, -0.15) is 5.10 Å². The average Bonchev–Trinajstić information content (AvgIpc) is 3.43. The van der Waals surface area contributed by atoms with Crippen LogP contribution < -0.4 is 16.4 Å². The Bertz CT molecular complexity index is 977. The molecule has 0 spiro atoms. The quantitative estimate of drug-likeness (QED) is 0.493. The van der Waals surface area contributed by atoms with Gasteiger partial charge in [-0.25, -0.2) is 9.67 Å². The average molecular weight is 421 g/mol. The molecule has 4 rings (SSSR count). The number of carbonyl (C=O) groups excluding carboxylic acids is 1. The topological polar surface area (TPSA) is 97.3 Å². The van der Waals surface area contributed by atoms with E-state index in [4.69, 9.17) is 5.73 Å². The van der Waals surface area contributed by atoms with Gasteiger partial charge in [-0.05, 0) is 56.9 Å². The Morgan fingerprint density at radius 1 is 1.10 bits per heavy atom. The van der Waals surface area contributed by atoms with E-state index in [0.717, 1.165) is 49.4 Å². The first-order valence-electron chi connectivity index (χ1n) is 11.3. The Morgan fingerprint density at radius 2 is 1.81 bits per heavy atom. The Kier molecular flexibility index (Phi) is 6.70. The van der Waals surface area contributed by atoms with Crippen molar-refractivity contribution in [2.45, 2.75) is 63.5 Å². The number of nitrogens with zero attached hydrogens (tertiary/aromatic N) is 3. The number of aliphatic imine (C=N–C) groups is 1. The fourth-order valence-electron chi connectivity index (χ4n) is 4.69. The molecular weight excluding hydrogens is 388 g/mol. The van der Waals surface area contributed by atoms with Gasteiger partial charge in [0.05, 0.1) is 11.7 Å². The molecule has 164 valence electrons. The zero-order chi connectivity index (χ0) is 21.6. The van der Waals surface area contributed by atoms with Crippen LogP contribution in [0, 0.1) is 5.92 Å². The lowest BCUT2D eigenvalue weighted by Crippen LogP contribution is -2.41. The highest BCUT2D eigenvalue weighted by molar-refractivity contribution is 6.00. The van der Waals surface area contributed by atoms with Gasteiger partial charge in [-0.15, -0.1) is 0 Å². The minimum absolute atomic E-state index is 0.126. The van der Waals surface area contributed by atoms with Gasteiger partial charge in [-0.1, -0.05) is 37.6 Å². The number of hydrogen-bond donors (Lipinski definition) is 3. The molecule has 2 aromatic rings. The SMILES string of the molecule is C=C(/N=C(\C=C/N)n1ncc2ccccc21)NC1CCC(C(=O)NC2CCCC2)CC1. The number of hydrogen-bond acceptors (Lipinski definition) is 5. The van der Waals surface area contributed by atoms with Crippen LogP contribution >= 0.6 is 0 Å². The smallest absolute Gasteiger partial charge is 0.223 e. The highest BCUT2D eigenvalue weighted by atomic mass is 16.1. The van der Waals surface area contributed by atoms with Gasteiger partial charge >= 0.3 is 0 Å². The summed E-state index contributed by atoms with van der Waals surface area (Å²) in [5.74, 6) is 1.54. The van der Waals surface area contributed by atoms with Gasteiger partial charge in [0.15, 0.2) is 5.84 Å². The molecule has 2 aliphatic rings. The van der Waals surface area contributed by atoms with E-state index >= 15 is 0 Å². The van der Waals surface area contributed by atoms with E-state index in [1.54, 1.807) is 10.8 Å². The van der Waals surface area contributed by atoms with Gasteiger partial charge in [0.1, 0.15) is 5.82 Å². The van der Waals surface area contributed by atoms with E-state index in [0.29, 0.717) is 17.7 Å². The third-order valence-corrected chi connectivity index (χ3v) is 6.36. The highest BCUT2D eigenvalue weighted by Gasteiger charge is 2.28. The zero-order valence-electron chi connectivity index (χ0n) is 18.0. The van der Waals surface area contributed by atoms with Crippen molar-refractivity contribution in [2.24, 2.45) is 16.6 Å². The number of amides is 1. The fourth-order valence-corrected chi connectivity index (χ4v) is 4.69. The predicted octanol–water partition coefficient (Wildman–Crippen LogP) is 3.43. The predicted molar refractivity (Wildman–Crippen MR) is 124 cm³/mol. The summed E-state index contributed by atoms with van der Waals surface area (Å²) in [6.07, 6.45) is 13.4. The van der Waals surface area contributed by atoms with Crippen molar-refractivity contribution in [1.82, 2.24) is 20.4 Å². The second-order valence-corrected chi connectivity index (χ2v) is 8.57. The molecule has 7 heteroatoms. The van der Waals surface area contributed by atoms with Gasteiger partial charge in [0.2, 0.25) is 5.91 Å². The number of carbonyl (C=O) groups is 1. The summed E-state index contributed by atoms with van der Waals surface area (Å²) in [5, 5.41) is 12.2. The second kappa shape index (κ2) is 9.81. The van der Waals surface area contributed by atoms with E-state index in [9.17, 15) is 4.79 Å². The molecule has 1 aromatic carbocycles. The lowest BCUT2D eigenvalue weighted by atomic mass is 9.85.